The molecule has 34 heavy (non-hydrogen) atoms. The largest absolute Gasteiger partial charge is 0.488 e. The molecule has 5 N–H and O–H groups in total. The third kappa shape index (κ3) is 3.92. The molecule has 0 spiro atoms. The van der Waals surface area contributed by atoms with E-state index in [0.717, 1.165) is 45.6 Å². The second-order valence-corrected chi connectivity index (χ2v) is 8.69. The van der Waals surface area contributed by atoms with Crippen molar-refractivity contribution in [3.05, 3.63) is 71.0 Å². The maximum absolute atomic E-state index is 11.9. The summed E-state index contributed by atoms with van der Waals surface area (Å²) < 4.78 is 1.92. The van der Waals surface area contributed by atoms with E-state index in [2.05, 4.69) is 10.2 Å². The highest BCUT2D eigenvalue weighted by Crippen LogP contribution is 2.34. The first kappa shape index (κ1) is 22.1. The van der Waals surface area contributed by atoms with E-state index < -0.39 is 13.0 Å². The van der Waals surface area contributed by atoms with Crippen molar-refractivity contribution < 1.29 is 14.8 Å². The highest BCUT2D eigenvalue weighted by Gasteiger charge is 2.25. The molecule has 172 valence electrons. The summed E-state index contributed by atoms with van der Waals surface area (Å²) in [5, 5.41) is 24.0. The molecule has 1 aliphatic rings. The van der Waals surface area contributed by atoms with Crippen LogP contribution in [0, 0.1) is 0 Å². The zero-order valence-corrected chi connectivity index (χ0v) is 19.0. The summed E-state index contributed by atoms with van der Waals surface area (Å²) in [5.41, 5.74) is 10.2. The third-order valence-corrected chi connectivity index (χ3v) is 6.16. The predicted octanol–water partition coefficient (Wildman–Crippen LogP) is 0.971. The molecule has 0 saturated heterocycles. The van der Waals surface area contributed by atoms with E-state index in [0.29, 0.717) is 29.9 Å². The molecule has 0 aliphatic carbocycles. The summed E-state index contributed by atoms with van der Waals surface area (Å²) in [7, 11) is 2.43. The lowest BCUT2D eigenvalue weighted by atomic mass is 9.79. The van der Waals surface area contributed by atoms with Crippen molar-refractivity contribution >= 4 is 35.1 Å². The van der Waals surface area contributed by atoms with Gasteiger partial charge in [-0.25, -0.2) is 9.97 Å². The Hall–Kier alpha value is -3.73. The number of benzene rings is 2. The summed E-state index contributed by atoms with van der Waals surface area (Å²) in [6, 6.07) is 12.6. The molecule has 3 heterocycles. The van der Waals surface area contributed by atoms with Gasteiger partial charge in [0.15, 0.2) is 5.82 Å². The second kappa shape index (κ2) is 8.56. The number of amides is 1. The van der Waals surface area contributed by atoms with E-state index in [1.54, 1.807) is 24.3 Å². The first-order valence-electron chi connectivity index (χ1n) is 11.0. The summed E-state index contributed by atoms with van der Waals surface area (Å²) >= 11 is 0. The Bertz CT molecular complexity index is 1420. The van der Waals surface area contributed by atoms with Crippen LogP contribution < -0.4 is 16.5 Å². The van der Waals surface area contributed by atoms with Gasteiger partial charge >= 0.3 is 7.12 Å². The first-order valence-corrected chi connectivity index (χ1v) is 11.0. The van der Waals surface area contributed by atoms with Gasteiger partial charge in [-0.15, -0.1) is 0 Å². The molecule has 0 unspecified atom stereocenters. The number of primary amides is 1. The standard InChI is InChI=1S/C24H25BN6O3/c1-30-11-19-20(13-30)28-24(21-16-7-4-8-17(22(26)32)18(16)12-31(21)2)29-23(19)27-10-14-5-3-6-15(9-14)25(33)34/h3-9,12,33-34H,10-11,13H2,1-2H3,(H2,26,32)(H,27,28,29). The zero-order valence-electron chi connectivity index (χ0n) is 19.0. The minimum absolute atomic E-state index is 0.438. The summed E-state index contributed by atoms with van der Waals surface area (Å²) in [5.74, 6) is 0.826. The maximum Gasteiger partial charge on any atom is 0.488 e. The average Bonchev–Trinajstić information content (AvgIpc) is 3.35. The van der Waals surface area contributed by atoms with Gasteiger partial charge in [0, 0.05) is 54.8 Å². The zero-order chi connectivity index (χ0) is 24.0. The molecular weight excluding hydrogens is 431 g/mol. The van der Waals surface area contributed by atoms with Crippen LogP contribution in [0.1, 0.15) is 27.2 Å². The van der Waals surface area contributed by atoms with Crippen LogP contribution in [-0.4, -0.2) is 49.6 Å². The topological polar surface area (TPSA) is 130 Å². The molecular formula is C24H25BN6O3. The van der Waals surface area contributed by atoms with Crippen LogP contribution in [0.25, 0.3) is 22.3 Å². The number of nitrogens with zero attached hydrogens (tertiary/aromatic N) is 4. The number of hydrogen-bond donors (Lipinski definition) is 4. The Labute approximate surface area is 197 Å². The minimum Gasteiger partial charge on any atom is -0.423 e. The molecule has 2 aromatic carbocycles. The number of fused-ring (bicyclic) bond motifs is 2. The van der Waals surface area contributed by atoms with Crippen LogP contribution in [0.15, 0.2) is 48.7 Å². The molecule has 4 aromatic rings. The van der Waals surface area contributed by atoms with Crippen LogP contribution in [0.2, 0.25) is 0 Å². The van der Waals surface area contributed by atoms with Gasteiger partial charge in [0.05, 0.1) is 11.4 Å². The van der Waals surface area contributed by atoms with Crippen molar-refractivity contribution in [1.82, 2.24) is 19.4 Å². The summed E-state index contributed by atoms with van der Waals surface area (Å²) in [6.07, 6.45) is 1.88. The lowest BCUT2D eigenvalue weighted by molar-refractivity contribution is 0.100. The van der Waals surface area contributed by atoms with Gasteiger partial charge in [-0.1, -0.05) is 36.4 Å². The highest BCUT2D eigenvalue weighted by atomic mass is 16.4. The molecule has 10 heteroatoms. The van der Waals surface area contributed by atoms with Crippen LogP contribution >= 0.6 is 0 Å². The van der Waals surface area contributed by atoms with E-state index in [9.17, 15) is 14.8 Å². The Morgan fingerprint density at radius 2 is 1.91 bits per heavy atom. The second-order valence-electron chi connectivity index (χ2n) is 8.69. The van der Waals surface area contributed by atoms with Gasteiger partial charge in [-0.05, 0) is 24.1 Å². The van der Waals surface area contributed by atoms with Crippen molar-refractivity contribution in [1.29, 1.82) is 0 Å². The van der Waals surface area contributed by atoms with E-state index in [4.69, 9.17) is 15.7 Å². The number of anilines is 1. The van der Waals surface area contributed by atoms with E-state index in [1.807, 2.05) is 43.1 Å². The number of aryl methyl sites for hydroxylation is 1. The number of rotatable bonds is 6. The van der Waals surface area contributed by atoms with Gasteiger partial charge < -0.3 is 25.7 Å². The van der Waals surface area contributed by atoms with Crippen molar-refractivity contribution in [3.8, 4) is 11.5 Å². The van der Waals surface area contributed by atoms with Crippen molar-refractivity contribution in [2.75, 3.05) is 12.4 Å². The van der Waals surface area contributed by atoms with Crippen LogP contribution in [0.4, 0.5) is 5.82 Å². The van der Waals surface area contributed by atoms with E-state index in [-0.39, 0.29) is 0 Å². The SMILES string of the molecule is CN1Cc2nc(-c3c4cccc(C(N)=O)c4cn3C)nc(NCc3cccc(B(O)O)c3)c2C1. The Balaban J connectivity index is 1.57. The average molecular weight is 456 g/mol. The molecule has 0 radical (unpaired) electrons. The van der Waals surface area contributed by atoms with Gasteiger partial charge in [-0.3, -0.25) is 9.69 Å². The lowest BCUT2D eigenvalue weighted by Crippen LogP contribution is -2.30. The highest BCUT2D eigenvalue weighted by molar-refractivity contribution is 6.58. The molecule has 9 nitrogen and oxygen atoms in total. The van der Waals surface area contributed by atoms with E-state index >= 15 is 0 Å². The molecule has 0 fully saturated rings. The fourth-order valence-electron chi connectivity index (χ4n) is 4.56. The number of nitrogens with two attached hydrogens (primary N) is 1. The third-order valence-electron chi connectivity index (χ3n) is 6.16. The lowest BCUT2D eigenvalue weighted by Gasteiger charge is -2.13. The monoisotopic (exact) mass is 456 g/mol. The fraction of sp³-hybridized carbons (Fsp3) is 0.208. The molecule has 0 atom stereocenters. The fourth-order valence-corrected chi connectivity index (χ4v) is 4.56. The summed E-state index contributed by atoms with van der Waals surface area (Å²) in [6.45, 7) is 1.90. The molecule has 1 aliphatic heterocycles. The molecule has 5 rings (SSSR count). The molecule has 0 saturated carbocycles. The minimum atomic E-state index is -1.51. The Morgan fingerprint density at radius 1 is 1.12 bits per heavy atom. The maximum atomic E-state index is 11.9. The smallest absolute Gasteiger partial charge is 0.423 e. The van der Waals surface area contributed by atoms with Gasteiger partial charge in [0.25, 0.3) is 0 Å². The Kier molecular flexibility index (Phi) is 5.56. The summed E-state index contributed by atoms with van der Waals surface area (Å²) in [4.78, 5) is 23.9. The Morgan fingerprint density at radius 3 is 2.68 bits per heavy atom. The van der Waals surface area contributed by atoms with Crippen molar-refractivity contribution in [2.45, 2.75) is 19.6 Å². The van der Waals surface area contributed by atoms with Gasteiger partial charge in [0.1, 0.15) is 5.82 Å². The van der Waals surface area contributed by atoms with Crippen molar-refractivity contribution in [3.63, 3.8) is 0 Å². The van der Waals surface area contributed by atoms with E-state index in [1.165, 1.54) is 0 Å². The van der Waals surface area contributed by atoms with Crippen molar-refractivity contribution in [2.24, 2.45) is 12.8 Å². The van der Waals surface area contributed by atoms with Gasteiger partial charge in [-0.2, -0.15) is 0 Å². The van der Waals surface area contributed by atoms with Gasteiger partial charge in [0.2, 0.25) is 5.91 Å². The number of carbonyl (C=O) groups excluding carboxylic acids is 1. The predicted molar refractivity (Wildman–Crippen MR) is 131 cm³/mol. The number of carbonyl (C=O) groups is 1. The van der Waals surface area contributed by atoms with Crippen LogP contribution in [0.5, 0.6) is 0 Å². The number of nitrogens with one attached hydrogen (secondary N) is 1. The van der Waals surface area contributed by atoms with Crippen LogP contribution in [0.3, 0.4) is 0 Å². The molecule has 0 bridgehead atoms. The quantitative estimate of drug-likeness (QED) is 0.318. The normalized spacial score (nSPS) is 13.3. The number of aromatic nitrogens is 3. The molecule has 1 amide bonds. The first-order chi connectivity index (χ1) is 16.3. The number of hydrogen-bond acceptors (Lipinski definition) is 7. The molecule has 2 aromatic heterocycles. The van der Waals surface area contributed by atoms with Crippen LogP contribution in [-0.2, 0) is 26.7 Å².